The summed E-state index contributed by atoms with van der Waals surface area (Å²) in [4.78, 5) is 6.03. The molecular weight excluding hydrogens is 282 g/mol. The van der Waals surface area contributed by atoms with Crippen molar-refractivity contribution >= 4 is 11.3 Å². The summed E-state index contributed by atoms with van der Waals surface area (Å²) in [6, 6.07) is 0.696. The quantitative estimate of drug-likeness (QED) is 0.712. The average Bonchev–Trinajstić information content (AvgIpc) is 3.31. The Hall–Kier alpha value is -0.590. The fourth-order valence-corrected chi connectivity index (χ4v) is 3.27. The minimum atomic E-state index is -2.38. The minimum absolute atomic E-state index is 0.331. The van der Waals surface area contributed by atoms with Gasteiger partial charge in [-0.15, -0.1) is 11.3 Å². The van der Waals surface area contributed by atoms with Gasteiger partial charge in [0.05, 0.1) is 17.3 Å². The molecule has 0 amide bonds. The lowest BCUT2D eigenvalue weighted by Crippen LogP contribution is -2.15. The third kappa shape index (κ3) is 4.20. The largest absolute Gasteiger partial charge is 0.375 e. The first kappa shape index (κ1) is 14.4. The maximum atomic E-state index is 12.0. The first-order chi connectivity index (χ1) is 9.72. The van der Waals surface area contributed by atoms with Gasteiger partial charge in [0.2, 0.25) is 0 Å². The number of rotatable bonds is 9. The second-order valence-electron chi connectivity index (χ2n) is 5.56. The fraction of sp³-hybridized carbons (Fsp3) is 0.786. The maximum Gasteiger partial charge on any atom is 0.261 e. The molecule has 2 aliphatic rings. The molecule has 0 radical (unpaired) electrons. The highest BCUT2D eigenvalue weighted by Crippen LogP contribution is 2.42. The summed E-state index contributed by atoms with van der Waals surface area (Å²) >= 11 is 1.72. The highest BCUT2D eigenvalue weighted by atomic mass is 32.1. The minimum Gasteiger partial charge on any atom is -0.375 e. The Labute approximate surface area is 121 Å². The molecule has 112 valence electrons. The zero-order valence-corrected chi connectivity index (χ0v) is 12.2. The molecule has 0 spiro atoms. The Balaban J connectivity index is 1.52. The second kappa shape index (κ2) is 6.45. The smallest absolute Gasteiger partial charge is 0.261 e. The summed E-state index contributed by atoms with van der Waals surface area (Å²) in [5.41, 5.74) is 1.24. The van der Waals surface area contributed by atoms with E-state index in [1.54, 1.807) is 11.3 Å². The van der Waals surface area contributed by atoms with Crippen LogP contribution in [0, 0.1) is 0 Å². The number of ether oxygens (including phenoxy) is 1. The van der Waals surface area contributed by atoms with Gasteiger partial charge in [0.15, 0.2) is 0 Å². The molecule has 20 heavy (non-hydrogen) atoms. The normalized spacial score (nSPS) is 18.9. The molecule has 0 saturated heterocycles. The number of halogens is 2. The van der Waals surface area contributed by atoms with E-state index < -0.39 is 13.0 Å². The molecule has 6 heteroatoms. The van der Waals surface area contributed by atoms with E-state index in [0.29, 0.717) is 25.0 Å². The SMILES string of the molecule is FC(F)COCCc1nc(C2CC2)c(CNC2CC2)s1. The fourth-order valence-electron chi connectivity index (χ4n) is 2.18. The van der Waals surface area contributed by atoms with E-state index in [0.717, 1.165) is 11.6 Å². The van der Waals surface area contributed by atoms with Crippen molar-refractivity contribution in [2.45, 2.75) is 57.0 Å². The van der Waals surface area contributed by atoms with Crippen LogP contribution in [0.1, 0.15) is 47.2 Å². The number of hydrogen-bond acceptors (Lipinski definition) is 4. The third-order valence-electron chi connectivity index (χ3n) is 3.57. The topological polar surface area (TPSA) is 34.1 Å². The zero-order chi connectivity index (χ0) is 13.9. The van der Waals surface area contributed by atoms with Crippen molar-refractivity contribution in [2.24, 2.45) is 0 Å². The summed E-state index contributed by atoms with van der Waals surface area (Å²) in [6.07, 6.45) is 3.30. The van der Waals surface area contributed by atoms with Crippen molar-refractivity contribution in [3.63, 3.8) is 0 Å². The number of nitrogens with zero attached hydrogens (tertiary/aromatic N) is 1. The first-order valence-corrected chi connectivity index (χ1v) is 8.11. The van der Waals surface area contributed by atoms with Crippen molar-refractivity contribution in [3.05, 3.63) is 15.6 Å². The van der Waals surface area contributed by atoms with Gasteiger partial charge in [0, 0.05) is 29.8 Å². The Morgan fingerprint density at radius 3 is 2.75 bits per heavy atom. The monoisotopic (exact) mass is 302 g/mol. The molecular formula is C14H20F2N2OS. The Morgan fingerprint density at radius 1 is 1.30 bits per heavy atom. The third-order valence-corrected chi connectivity index (χ3v) is 4.70. The van der Waals surface area contributed by atoms with Gasteiger partial charge in [0.1, 0.15) is 6.61 Å². The van der Waals surface area contributed by atoms with Crippen LogP contribution >= 0.6 is 11.3 Å². The lowest BCUT2D eigenvalue weighted by atomic mass is 10.2. The number of thiazole rings is 1. The highest BCUT2D eigenvalue weighted by molar-refractivity contribution is 7.11. The summed E-state index contributed by atoms with van der Waals surface area (Å²) in [5.74, 6) is 0.637. The lowest BCUT2D eigenvalue weighted by Gasteiger charge is -2.01. The Morgan fingerprint density at radius 2 is 2.10 bits per heavy atom. The van der Waals surface area contributed by atoms with E-state index in [1.807, 2.05) is 0 Å². The van der Waals surface area contributed by atoms with Crippen LogP contribution in [0.3, 0.4) is 0 Å². The predicted molar refractivity (Wildman–Crippen MR) is 74.5 cm³/mol. The first-order valence-electron chi connectivity index (χ1n) is 7.30. The second-order valence-corrected chi connectivity index (χ2v) is 6.73. The Kier molecular flexibility index (Phi) is 4.63. The van der Waals surface area contributed by atoms with E-state index in [2.05, 4.69) is 5.32 Å². The molecule has 3 nitrogen and oxygen atoms in total. The van der Waals surface area contributed by atoms with E-state index >= 15 is 0 Å². The van der Waals surface area contributed by atoms with Gasteiger partial charge in [-0.2, -0.15) is 0 Å². The molecule has 3 rings (SSSR count). The highest BCUT2D eigenvalue weighted by Gasteiger charge is 2.30. The van der Waals surface area contributed by atoms with Gasteiger partial charge in [-0.3, -0.25) is 0 Å². The average molecular weight is 302 g/mol. The molecule has 1 N–H and O–H groups in total. The zero-order valence-electron chi connectivity index (χ0n) is 11.4. The van der Waals surface area contributed by atoms with E-state index in [4.69, 9.17) is 9.72 Å². The van der Waals surface area contributed by atoms with Crippen molar-refractivity contribution in [3.8, 4) is 0 Å². The van der Waals surface area contributed by atoms with Crippen LogP contribution in [0.4, 0.5) is 8.78 Å². The summed E-state index contributed by atoms with van der Waals surface area (Å²) in [7, 11) is 0. The molecule has 1 aromatic rings. The van der Waals surface area contributed by atoms with Crippen LogP contribution in [-0.4, -0.2) is 30.7 Å². The number of nitrogens with one attached hydrogen (secondary N) is 1. The van der Waals surface area contributed by atoms with Crippen molar-refractivity contribution < 1.29 is 13.5 Å². The Bertz CT molecular complexity index is 444. The summed E-state index contributed by atoms with van der Waals surface area (Å²) in [5, 5.41) is 4.55. The van der Waals surface area contributed by atoms with Gasteiger partial charge in [-0.05, 0) is 25.7 Å². The van der Waals surface area contributed by atoms with Gasteiger partial charge in [-0.25, -0.2) is 13.8 Å². The van der Waals surface area contributed by atoms with Crippen LogP contribution < -0.4 is 5.32 Å². The van der Waals surface area contributed by atoms with Crippen molar-refractivity contribution in [1.29, 1.82) is 0 Å². The maximum absolute atomic E-state index is 12.0. The lowest BCUT2D eigenvalue weighted by molar-refractivity contribution is 0.0187. The number of aromatic nitrogens is 1. The van der Waals surface area contributed by atoms with Crippen molar-refractivity contribution in [2.75, 3.05) is 13.2 Å². The predicted octanol–water partition coefficient (Wildman–Crippen LogP) is 3.10. The molecule has 0 unspecified atom stereocenters. The van der Waals surface area contributed by atoms with Crippen LogP contribution in [0.2, 0.25) is 0 Å². The molecule has 2 aliphatic carbocycles. The van der Waals surface area contributed by atoms with E-state index in [9.17, 15) is 8.78 Å². The van der Waals surface area contributed by atoms with Crippen LogP contribution in [0.15, 0.2) is 0 Å². The molecule has 0 aromatic carbocycles. The molecule has 1 aromatic heterocycles. The van der Waals surface area contributed by atoms with E-state index in [-0.39, 0.29) is 0 Å². The van der Waals surface area contributed by atoms with Crippen molar-refractivity contribution in [1.82, 2.24) is 10.3 Å². The summed E-state index contributed by atoms with van der Waals surface area (Å²) < 4.78 is 28.9. The van der Waals surface area contributed by atoms with Gasteiger partial charge >= 0.3 is 0 Å². The van der Waals surface area contributed by atoms with Crippen LogP contribution in [0.25, 0.3) is 0 Å². The molecule has 1 heterocycles. The molecule has 2 fully saturated rings. The summed E-state index contributed by atoms with van der Waals surface area (Å²) in [6.45, 7) is 0.764. The standard InChI is InChI=1S/C14H20F2N2OS/c15-12(16)8-19-6-5-13-18-14(9-1-2-9)11(20-13)7-17-10-3-4-10/h9-10,12,17H,1-8H2. The van der Waals surface area contributed by atoms with Crippen LogP contribution in [0.5, 0.6) is 0 Å². The molecule has 0 aliphatic heterocycles. The van der Waals surface area contributed by atoms with Crippen LogP contribution in [-0.2, 0) is 17.7 Å². The van der Waals surface area contributed by atoms with Gasteiger partial charge in [0.25, 0.3) is 6.43 Å². The van der Waals surface area contributed by atoms with Gasteiger partial charge in [-0.1, -0.05) is 0 Å². The number of hydrogen-bond donors (Lipinski definition) is 1. The molecule has 0 atom stereocenters. The van der Waals surface area contributed by atoms with Gasteiger partial charge < -0.3 is 10.1 Å². The molecule has 0 bridgehead atoms. The number of alkyl halides is 2. The van der Waals surface area contributed by atoms with E-state index in [1.165, 1.54) is 36.3 Å². The molecule has 2 saturated carbocycles.